The number of hydrogen-bond acceptors (Lipinski definition) is 4. The molecule has 0 aliphatic carbocycles. The SMILES string of the molecule is CCNc1nnc(-c2ccc(Br)c(Cl)c2F)s1. The van der Waals surface area contributed by atoms with Gasteiger partial charge in [0.25, 0.3) is 0 Å². The van der Waals surface area contributed by atoms with E-state index in [4.69, 9.17) is 11.6 Å². The van der Waals surface area contributed by atoms with Gasteiger partial charge in [-0.15, -0.1) is 10.2 Å². The summed E-state index contributed by atoms with van der Waals surface area (Å²) in [5.74, 6) is -0.486. The second kappa shape index (κ2) is 5.29. The van der Waals surface area contributed by atoms with Gasteiger partial charge in [0.15, 0.2) is 10.8 Å². The molecule has 0 bridgehead atoms. The van der Waals surface area contributed by atoms with Gasteiger partial charge in [0.2, 0.25) is 5.13 Å². The van der Waals surface area contributed by atoms with Gasteiger partial charge < -0.3 is 5.32 Å². The molecule has 7 heteroatoms. The van der Waals surface area contributed by atoms with Crippen molar-refractivity contribution >= 4 is 44.0 Å². The predicted octanol–water partition coefficient (Wildman–Crippen LogP) is 4.19. The quantitative estimate of drug-likeness (QED) is 0.854. The van der Waals surface area contributed by atoms with Gasteiger partial charge in [-0.1, -0.05) is 22.9 Å². The molecule has 0 radical (unpaired) electrons. The van der Waals surface area contributed by atoms with Crippen molar-refractivity contribution in [3.8, 4) is 10.6 Å². The first-order chi connectivity index (χ1) is 8.13. The lowest BCUT2D eigenvalue weighted by Crippen LogP contribution is -1.94. The number of halogens is 3. The van der Waals surface area contributed by atoms with Gasteiger partial charge in [-0.2, -0.15) is 0 Å². The van der Waals surface area contributed by atoms with Crippen LogP contribution in [0.1, 0.15) is 6.92 Å². The zero-order valence-corrected chi connectivity index (χ0v) is 12.0. The predicted molar refractivity (Wildman–Crippen MR) is 72.2 cm³/mol. The Hall–Kier alpha value is -0.720. The Kier molecular flexibility index (Phi) is 3.96. The Balaban J connectivity index is 2.42. The van der Waals surface area contributed by atoms with Gasteiger partial charge in [0, 0.05) is 16.6 Å². The smallest absolute Gasteiger partial charge is 0.205 e. The maximum atomic E-state index is 13.9. The molecule has 0 atom stereocenters. The molecule has 90 valence electrons. The molecule has 0 saturated carbocycles. The Labute approximate surface area is 115 Å². The summed E-state index contributed by atoms with van der Waals surface area (Å²) in [6.45, 7) is 2.70. The average Bonchev–Trinajstić information content (AvgIpc) is 2.75. The van der Waals surface area contributed by atoms with Crippen molar-refractivity contribution in [2.75, 3.05) is 11.9 Å². The van der Waals surface area contributed by atoms with Crippen LogP contribution in [-0.2, 0) is 0 Å². The van der Waals surface area contributed by atoms with Crippen molar-refractivity contribution in [2.45, 2.75) is 6.92 Å². The number of rotatable bonds is 3. The number of hydrogen-bond donors (Lipinski definition) is 1. The van der Waals surface area contributed by atoms with E-state index in [1.54, 1.807) is 12.1 Å². The maximum Gasteiger partial charge on any atom is 0.205 e. The summed E-state index contributed by atoms with van der Waals surface area (Å²) in [4.78, 5) is 0. The molecule has 0 spiro atoms. The summed E-state index contributed by atoms with van der Waals surface area (Å²) in [5.41, 5.74) is 0.361. The van der Waals surface area contributed by atoms with Crippen LogP contribution in [0.3, 0.4) is 0 Å². The zero-order chi connectivity index (χ0) is 12.4. The van der Waals surface area contributed by atoms with E-state index in [9.17, 15) is 4.39 Å². The van der Waals surface area contributed by atoms with E-state index in [-0.39, 0.29) is 5.02 Å². The third-order valence-corrected chi connectivity index (χ3v) is 4.19. The Bertz CT molecular complexity index is 546. The van der Waals surface area contributed by atoms with Crippen molar-refractivity contribution in [2.24, 2.45) is 0 Å². The lowest BCUT2D eigenvalue weighted by atomic mass is 10.2. The number of aromatic nitrogens is 2. The minimum absolute atomic E-state index is 0.0581. The van der Waals surface area contributed by atoms with Crippen LogP contribution in [-0.4, -0.2) is 16.7 Å². The summed E-state index contributed by atoms with van der Waals surface area (Å²) >= 11 is 10.3. The second-order valence-electron chi connectivity index (χ2n) is 3.17. The lowest BCUT2D eigenvalue weighted by molar-refractivity contribution is 0.630. The third kappa shape index (κ3) is 2.59. The topological polar surface area (TPSA) is 37.8 Å². The van der Waals surface area contributed by atoms with E-state index in [0.29, 0.717) is 20.2 Å². The van der Waals surface area contributed by atoms with E-state index < -0.39 is 5.82 Å². The average molecular weight is 337 g/mol. The molecule has 1 aromatic carbocycles. The molecule has 0 amide bonds. The maximum absolute atomic E-state index is 13.9. The third-order valence-electron chi connectivity index (χ3n) is 2.02. The van der Waals surface area contributed by atoms with Crippen LogP contribution >= 0.6 is 38.9 Å². The number of nitrogens with zero attached hydrogens (tertiary/aromatic N) is 2. The summed E-state index contributed by atoms with van der Waals surface area (Å²) in [5, 5.41) is 12.1. The number of anilines is 1. The molecule has 1 aromatic heterocycles. The summed E-state index contributed by atoms with van der Waals surface area (Å²) in [6, 6.07) is 3.32. The summed E-state index contributed by atoms with van der Waals surface area (Å²) < 4.78 is 14.4. The van der Waals surface area contributed by atoms with E-state index in [2.05, 4.69) is 31.4 Å². The molecule has 0 aliphatic heterocycles. The van der Waals surface area contributed by atoms with Crippen LogP contribution in [0.15, 0.2) is 16.6 Å². The first kappa shape index (κ1) is 12.7. The normalized spacial score (nSPS) is 10.6. The Morgan fingerprint density at radius 1 is 1.47 bits per heavy atom. The highest BCUT2D eigenvalue weighted by Crippen LogP contribution is 2.35. The molecule has 1 heterocycles. The minimum atomic E-state index is -0.486. The fraction of sp³-hybridized carbons (Fsp3) is 0.200. The lowest BCUT2D eigenvalue weighted by Gasteiger charge is -2.02. The molecular formula is C10H8BrClFN3S. The largest absolute Gasteiger partial charge is 0.360 e. The van der Waals surface area contributed by atoms with Gasteiger partial charge in [0.05, 0.1) is 5.02 Å². The van der Waals surface area contributed by atoms with Crippen molar-refractivity contribution in [1.29, 1.82) is 0 Å². The zero-order valence-electron chi connectivity index (χ0n) is 8.80. The molecular weight excluding hydrogens is 329 g/mol. The first-order valence-corrected chi connectivity index (χ1v) is 6.83. The van der Waals surface area contributed by atoms with Crippen molar-refractivity contribution in [1.82, 2.24) is 10.2 Å². The molecule has 0 fully saturated rings. The van der Waals surface area contributed by atoms with E-state index in [1.807, 2.05) is 6.92 Å². The van der Waals surface area contributed by atoms with Gasteiger partial charge in [0.1, 0.15) is 0 Å². The van der Waals surface area contributed by atoms with Gasteiger partial charge in [-0.3, -0.25) is 0 Å². The highest BCUT2D eigenvalue weighted by Gasteiger charge is 2.15. The number of benzene rings is 1. The first-order valence-electron chi connectivity index (χ1n) is 4.84. The molecule has 3 nitrogen and oxygen atoms in total. The van der Waals surface area contributed by atoms with Crippen LogP contribution in [0.5, 0.6) is 0 Å². The summed E-state index contributed by atoms with van der Waals surface area (Å²) in [7, 11) is 0. The Morgan fingerprint density at radius 2 is 2.24 bits per heavy atom. The standard InChI is InChI=1S/C10H8BrClFN3S/c1-2-14-10-16-15-9(17-10)5-3-4-6(11)7(12)8(5)13/h3-4H,2H2,1H3,(H,14,16). The van der Waals surface area contributed by atoms with Crippen LogP contribution in [0, 0.1) is 5.82 Å². The van der Waals surface area contributed by atoms with Crippen LogP contribution in [0.2, 0.25) is 5.02 Å². The molecule has 0 saturated heterocycles. The van der Waals surface area contributed by atoms with E-state index in [1.165, 1.54) is 11.3 Å². The highest BCUT2D eigenvalue weighted by molar-refractivity contribution is 9.10. The monoisotopic (exact) mass is 335 g/mol. The molecule has 0 unspecified atom stereocenters. The van der Waals surface area contributed by atoms with Crippen molar-refractivity contribution in [3.63, 3.8) is 0 Å². The molecule has 2 rings (SSSR count). The van der Waals surface area contributed by atoms with Crippen LogP contribution < -0.4 is 5.32 Å². The fourth-order valence-corrected chi connectivity index (χ4v) is 2.55. The molecule has 0 aliphatic rings. The fourth-order valence-electron chi connectivity index (χ4n) is 1.25. The Morgan fingerprint density at radius 3 is 2.94 bits per heavy atom. The molecule has 17 heavy (non-hydrogen) atoms. The van der Waals surface area contributed by atoms with E-state index >= 15 is 0 Å². The minimum Gasteiger partial charge on any atom is -0.360 e. The highest BCUT2D eigenvalue weighted by atomic mass is 79.9. The summed E-state index contributed by atoms with van der Waals surface area (Å²) in [6.07, 6.45) is 0. The van der Waals surface area contributed by atoms with Crippen LogP contribution in [0.25, 0.3) is 10.6 Å². The van der Waals surface area contributed by atoms with Crippen molar-refractivity contribution in [3.05, 3.63) is 27.4 Å². The van der Waals surface area contributed by atoms with Gasteiger partial charge in [-0.25, -0.2) is 4.39 Å². The van der Waals surface area contributed by atoms with Crippen molar-refractivity contribution < 1.29 is 4.39 Å². The molecule has 2 aromatic rings. The second-order valence-corrected chi connectivity index (χ2v) is 5.38. The van der Waals surface area contributed by atoms with Gasteiger partial charge in [-0.05, 0) is 35.0 Å². The number of nitrogens with one attached hydrogen (secondary N) is 1. The molecule has 1 N–H and O–H groups in total. The van der Waals surface area contributed by atoms with E-state index in [0.717, 1.165) is 6.54 Å². The van der Waals surface area contributed by atoms with Gasteiger partial charge >= 0.3 is 0 Å². The van der Waals surface area contributed by atoms with Crippen LogP contribution in [0.4, 0.5) is 9.52 Å².